The van der Waals surface area contributed by atoms with Crippen molar-refractivity contribution in [3.05, 3.63) is 144 Å². The fourth-order valence-electron chi connectivity index (χ4n) is 5.53. The van der Waals surface area contributed by atoms with Crippen molar-refractivity contribution in [1.29, 1.82) is 0 Å². The van der Waals surface area contributed by atoms with Crippen molar-refractivity contribution in [1.82, 2.24) is 9.88 Å². The van der Waals surface area contributed by atoms with Gasteiger partial charge in [-0.05, 0) is 42.5 Å². The highest BCUT2D eigenvalue weighted by atomic mass is 32.1. The Kier molecular flexibility index (Phi) is 8.15. The lowest BCUT2D eigenvalue weighted by atomic mass is 9.88. The van der Waals surface area contributed by atoms with Gasteiger partial charge in [0.1, 0.15) is 10.9 Å². The molecule has 204 valence electrons. The Morgan fingerprint density at radius 2 is 1.27 bits per heavy atom. The quantitative estimate of drug-likeness (QED) is 0.182. The van der Waals surface area contributed by atoms with Crippen molar-refractivity contribution < 1.29 is 4.79 Å². The molecule has 2 atom stereocenters. The summed E-state index contributed by atoms with van der Waals surface area (Å²) in [5.41, 5.74) is 5.52. The average molecular weight is 556 g/mol. The molecule has 0 bridgehead atoms. The summed E-state index contributed by atoms with van der Waals surface area (Å²) in [4.78, 5) is 27.1. The third kappa shape index (κ3) is 5.91. The summed E-state index contributed by atoms with van der Waals surface area (Å²) >= 11 is 1.59. The largest absolute Gasteiger partial charge is 0.342 e. The third-order valence-electron chi connectivity index (χ3n) is 7.69. The van der Waals surface area contributed by atoms with Crippen LogP contribution < -0.4 is 0 Å². The van der Waals surface area contributed by atoms with Gasteiger partial charge in [0.2, 0.25) is 5.91 Å². The standard InChI is InChI=1S/C36H33N3OS/c1-26(27-16-6-2-7-17-27)33(38-34(28-18-8-3-9-19-28)29-20-10-4-11-21-29)32(36(40)39-24-14-5-15-25-39)35-37-30-22-12-13-23-31(30)41-35/h2-4,6-13,16-23,32-33H,1,5,14-15,24-25H2/t32-,33-/m0/s1. The first-order valence-electron chi connectivity index (χ1n) is 14.3. The summed E-state index contributed by atoms with van der Waals surface area (Å²) < 4.78 is 1.07. The van der Waals surface area contributed by atoms with E-state index in [0.29, 0.717) is 0 Å². The van der Waals surface area contributed by atoms with E-state index in [1.807, 2.05) is 77.7 Å². The molecule has 1 saturated heterocycles. The van der Waals surface area contributed by atoms with Crippen molar-refractivity contribution in [3.63, 3.8) is 0 Å². The molecule has 1 aliphatic rings. The molecular weight excluding hydrogens is 522 g/mol. The minimum absolute atomic E-state index is 0.0788. The zero-order valence-electron chi connectivity index (χ0n) is 23.0. The summed E-state index contributed by atoms with van der Waals surface area (Å²) in [5.74, 6) is -0.518. The molecule has 41 heavy (non-hydrogen) atoms. The van der Waals surface area contributed by atoms with E-state index in [1.165, 1.54) is 0 Å². The van der Waals surface area contributed by atoms with Crippen LogP contribution in [0.2, 0.25) is 0 Å². The first-order valence-corrected chi connectivity index (χ1v) is 15.1. The predicted molar refractivity (Wildman–Crippen MR) is 171 cm³/mol. The summed E-state index contributed by atoms with van der Waals surface area (Å²) in [6, 6.07) is 38.1. The van der Waals surface area contributed by atoms with Gasteiger partial charge in [-0.25, -0.2) is 4.98 Å². The molecular formula is C36H33N3OS. The molecule has 0 N–H and O–H groups in total. The van der Waals surface area contributed by atoms with Crippen LogP contribution in [-0.2, 0) is 4.79 Å². The minimum Gasteiger partial charge on any atom is -0.342 e. The zero-order valence-corrected chi connectivity index (χ0v) is 23.8. The third-order valence-corrected chi connectivity index (χ3v) is 8.81. The number of carbonyl (C=O) groups is 1. The van der Waals surface area contributed by atoms with Crippen LogP contribution in [-0.4, -0.2) is 40.6 Å². The molecule has 4 nitrogen and oxygen atoms in total. The number of amides is 1. The van der Waals surface area contributed by atoms with Crippen LogP contribution in [0.5, 0.6) is 0 Å². The van der Waals surface area contributed by atoms with Gasteiger partial charge in [-0.1, -0.05) is 110 Å². The smallest absolute Gasteiger partial charge is 0.235 e. The molecule has 0 radical (unpaired) electrons. The van der Waals surface area contributed by atoms with Gasteiger partial charge < -0.3 is 4.90 Å². The number of piperidine rings is 1. The predicted octanol–water partition coefficient (Wildman–Crippen LogP) is 8.01. The molecule has 1 fully saturated rings. The molecule has 0 aliphatic carbocycles. The normalized spacial score (nSPS) is 14.8. The highest BCUT2D eigenvalue weighted by Gasteiger charge is 2.38. The number of carbonyl (C=O) groups excluding carboxylic acids is 1. The van der Waals surface area contributed by atoms with Crippen molar-refractivity contribution in [2.75, 3.05) is 13.1 Å². The molecule has 0 saturated carbocycles. The summed E-state index contributed by atoms with van der Waals surface area (Å²) in [6.45, 7) is 6.12. The van der Waals surface area contributed by atoms with Gasteiger partial charge in [0.25, 0.3) is 0 Å². The minimum atomic E-state index is -0.597. The Morgan fingerprint density at radius 3 is 1.85 bits per heavy atom. The van der Waals surface area contributed by atoms with Gasteiger partial charge in [-0.3, -0.25) is 9.79 Å². The van der Waals surface area contributed by atoms with Crippen LogP contribution in [0.3, 0.4) is 0 Å². The number of aliphatic imine (C=N–C) groups is 1. The second-order valence-corrected chi connectivity index (χ2v) is 11.5. The Hall–Kier alpha value is -4.35. The molecule has 0 unspecified atom stereocenters. The Bertz CT molecular complexity index is 1580. The lowest BCUT2D eigenvalue weighted by Gasteiger charge is -2.33. The fraction of sp³-hybridized carbons (Fsp3) is 0.194. The van der Waals surface area contributed by atoms with Gasteiger partial charge in [0, 0.05) is 24.2 Å². The molecule has 1 amide bonds. The van der Waals surface area contributed by atoms with Crippen LogP contribution in [0.1, 0.15) is 46.9 Å². The Balaban J connectivity index is 1.57. The van der Waals surface area contributed by atoms with Gasteiger partial charge >= 0.3 is 0 Å². The molecule has 2 heterocycles. The number of benzene rings is 4. The van der Waals surface area contributed by atoms with Crippen LogP contribution in [0.4, 0.5) is 0 Å². The summed E-state index contributed by atoms with van der Waals surface area (Å²) in [6.07, 6.45) is 3.19. The van der Waals surface area contributed by atoms with Crippen molar-refractivity contribution >= 4 is 38.7 Å². The molecule has 1 aromatic heterocycles. The lowest BCUT2D eigenvalue weighted by Crippen LogP contribution is -2.42. The van der Waals surface area contributed by atoms with E-state index < -0.39 is 12.0 Å². The number of aromatic nitrogens is 1. The van der Waals surface area contributed by atoms with Gasteiger partial charge in [-0.15, -0.1) is 11.3 Å². The highest BCUT2D eigenvalue weighted by molar-refractivity contribution is 7.18. The molecule has 5 heteroatoms. The van der Waals surface area contributed by atoms with E-state index in [0.717, 1.165) is 75.6 Å². The number of nitrogens with zero attached hydrogens (tertiary/aromatic N) is 3. The zero-order chi connectivity index (χ0) is 28.0. The Morgan fingerprint density at radius 1 is 0.732 bits per heavy atom. The van der Waals surface area contributed by atoms with E-state index >= 15 is 0 Å². The van der Waals surface area contributed by atoms with E-state index in [1.54, 1.807) is 11.3 Å². The van der Waals surface area contributed by atoms with Crippen LogP contribution in [0, 0.1) is 0 Å². The number of likely N-dealkylation sites (tertiary alicyclic amines) is 1. The average Bonchev–Trinajstić information content (AvgIpc) is 3.48. The molecule has 5 aromatic rings. The van der Waals surface area contributed by atoms with Crippen LogP contribution >= 0.6 is 11.3 Å². The van der Waals surface area contributed by atoms with Crippen molar-refractivity contribution in [3.8, 4) is 0 Å². The molecule has 0 spiro atoms. The van der Waals surface area contributed by atoms with Gasteiger partial charge in [0.05, 0.1) is 22.0 Å². The topological polar surface area (TPSA) is 45.6 Å². The molecule has 6 rings (SSSR count). The van der Waals surface area contributed by atoms with Gasteiger partial charge in [0.15, 0.2) is 0 Å². The monoisotopic (exact) mass is 555 g/mol. The first-order chi connectivity index (χ1) is 20.2. The summed E-state index contributed by atoms with van der Waals surface area (Å²) in [7, 11) is 0. The van der Waals surface area contributed by atoms with Crippen LogP contribution in [0.15, 0.2) is 127 Å². The fourth-order valence-corrected chi connectivity index (χ4v) is 6.62. The first kappa shape index (κ1) is 26.9. The number of hydrogen-bond acceptors (Lipinski definition) is 4. The number of thiazole rings is 1. The lowest BCUT2D eigenvalue weighted by molar-refractivity contribution is -0.133. The highest BCUT2D eigenvalue weighted by Crippen LogP contribution is 2.38. The second-order valence-electron chi connectivity index (χ2n) is 10.4. The maximum absolute atomic E-state index is 14.6. The molecule has 4 aromatic carbocycles. The van der Waals surface area contributed by atoms with Crippen LogP contribution in [0.25, 0.3) is 15.8 Å². The maximum atomic E-state index is 14.6. The maximum Gasteiger partial charge on any atom is 0.235 e. The van der Waals surface area contributed by atoms with E-state index in [4.69, 9.17) is 9.98 Å². The van der Waals surface area contributed by atoms with Crippen molar-refractivity contribution in [2.24, 2.45) is 4.99 Å². The summed E-state index contributed by atoms with van der Waals surface area (Å²) in [5, 5.41) is 0.785. The van der Waals surface area contributed by atoms with E-state index in [2.05, 4.69) is 49.0 Å². The number of fused-ring (bicyclic) bond motifs is 1. The van der Waals surface area contributed by atoms with Crippen molar-refractivity contribution in [2.45, 2.75) is 31.2 Å². The van der Waals surface area contributed by atoms with Gasteiger partial charge in [-0.2, -0.15) is 0 Å². The Labute approximate surface area is 245 Å². The van der Waals surface area contributed by atoms with E-state index in [9.17, 15) is 4.79 Å². The SMILES string of the molecule is C=C(c1ccccc1)[C@H](N=C(c1ccccc1)c1ccccc1)[C@H](C(=O)N1CCCCC1)c1nc2ccccc2s1. The number of para-hydroxylation sites is 1. The number of rotatable bonds is 8. The number of hydrogen-bond donors (Lipinski definition) is 0. The molecule has 1 aliphatic heterocycles. The van der Waals surface area contributed by atoms with E-state index in [-0.39, 0.29) is 5.91 Å². The second kappa shape index (κ2) is 12.4.